The number of aliphatic imine (C=N–C) groups is 1. The number of halogens is 4. The molecule has 1 heterocycles. The summed E-state index contributed by atoms with van der Waals surface area (Å²) < 4.78 is 39.0. The average molecular weight is 184 g/mol. The van der Waals surface area contributed by atoms with E-state index in [4.69, 9.17) is 0 Å². The molecule has 0 spiro atoms. The van der Waals surface area contributed by atoms with E-state index in [1.807, 2.05) is 18.6 Å². The second-order valence-electron chi connectivity index (χ2n) is 2.21. The fourth-order valence-corrected chi connectivity index (χ4v) is 0.483. The molecule has 0 aromatic rings. The molecule has 0 radical (unpaired) electrons. The Kier molecular flexibility index (Phi) is 3.95. The van der Waals surface area contributed by atoms with Crippen LogP contribution in [0.1, 0.15) is 13.8 Å². The van der Waals surface area contributed by atoms with Crippen LogP contribution in [0.2, 0.25) is 0 Å². The smallest absolute Gasteiger partial charge is 0.418 e. The van der Waals surface area contributed by atoms with Crippen molar-refractivity contribution in [1.82, 2.24) is 0 Å². The van der Waals surface area contributed by atoms with Crippen molar-refractivity contribution in [2.24, 2.45) is 4.99 Å². The molecule has 0 amide bonds. The van der Waals surface area contributed by atoms with Gasteiger partial charge < -0.3 is 17.3 Å². The SMILES string of the molecule is CC1=C(C)[NH2+]C=N1.F[B-](F)(F)F. The first kappa shape index (κ1) is 11.2. The van der Waals surface area contributed by atoms with Crippen LogP contribution in [0.4, 0.5) is 17.3 Å². The lowest BCUT2D eigenvalue weighted by atomic mass is 10.3. The van der Waals surface area contributed by atoms with Gasteiger partial charge >= 0.3 is 7.25 Å². The zero-order valence-electron chi connectivity index (χ0n) is 6.69. The van der Waals surface area contributed by atoms with Crippen LogP contribution in [0.15, 0.2) is 16.4 Å². The third kappa shape index (κ3) is 7.26. The van der Waals surface area contributed by atoms with Gasteiger partial charge in [0.15, 0.2) is 6.34 Å². The van der Waals surface area contributed by atoms with Gasteiger partial charge in [0.1, 0.15) is 5.70 Å². The summed E-state index contributed by atoms with van der Waals surface area (Å²) in [7, 11) is -6.00. The Bertz CT molecular complexity index is 202. The Balaban J connectivity index is 0.000000217. The molecule has 0 aliphatic carbocycles. The lowest BCUT2D eigenvalue weighted by molar-refractivity contribution is -0.469. The zero-order valence-corrected chi connectivity index (χ0v) is 6.69. The van der Waals surface area contributed by atoms with Crippen LogP contribution in [0.5, 0.6) is 0 Å². The average Bonchev–Trinajstić information content (AvgIpc) is 2.12. The highest BCUT2D eigenvalue weighted by atomic mass is 19.5. The Morgan fingerprint density at radius 2 is 1.67 bits per heavy atom. The molecule has 1 rings (SSSR count). The van der Waals surface area contributed by atoms with Crippen LogP contribution in [-0.4, -0.2) is 13.6 Å². The highest BCUT2D eigenvalue weighted by molar-refractivity contribution is 6.50. The van der Waals surface area contributed by atoms with Gasteiger partial charge in [-0.1, -0.05) is 0 Å². The quantitative estimate of drug-likeness (QED) is 0.432. The topological polar surface area (TPSA) is 29.0 Å². The molecule has 7 heteroatoms. The maximum absolute atomic E-state index is 9.75. The molecule has 0 atom stereocenters. The molecule has 0 bridgehead atoms. The maximum Gasteiger partial charge on any atom is 0.673 e. The molecular weight excluding hydrogens is 175 g/mol. The van der Waals surface area contributed by atoms with E-state index in [2.05, 4.69) is 11.9 Å². The molecule has 1 aliphatic rings. The highest BCUT2D eigenvalue weighted by Crippen LogP contribution is 2.06. The fourth-order valence-electron chi connectivity index (χ4n) is 0.483. The second-order valence-corrected chi connectivity index (χ2v) is 2.21. The summed E-state index contributed by atoms with van der Waals surface area (Å²) in [6.07, 6.45) is 1.82. The Morgan fingerprint density at radius 3 is 1.75 bits per heavy atom. The first-order valence-corrected chi connectivity index (χ1v) is 3.23. The molecule has 12 heavy (non-hydrogen) atoms. The van der Waals surface area contributed by atoms with E-state index >= 15 is 0 Å². The third-order valence-electron chi connectivity index (χ3n) is 1.16. The van der Waals surface area contributed by atoms with E-state index in [0.29, 0.717) is 0 Å². The summed E-state index contributed by atoms with van der Waals surface area (Å²) in [6.45, 7) is 4.07. The van der Waals surface area contributed by atoms with Crippen LogP contribution >= 0.6 is 0 Å². The molecule has 0 saturated heterocycles. The van der Waals surface area contributed by atoms with E-state index in [1.165, 1.54) is 5.70 Å². The monoisotopic (exact) mass is 184 g/mol. The molecule has 0 saturated carbocycles. The van der Waals surface area contributed by atoms with Crippen molar-refractivity contribution in [2.75, 3.05) is 0 Å². The molecule has 0 unspecified atom stereocenters. The summed E-state index contributed by atoms with van der Waals surface area (Å²) in [5.41, 5.74) is 2.42. The van der Waals surface area contributed by atoms with Crippen LogP contribution in [-0.2, 0) is 0 Å². The number of hydrogen-bond acceptors (Lipinski definition) is 1. The number of nitrogens with zero attached hydrogens (tertiary/aromatic N) is 1. The summed E-state index contributed by atoms with van der Waals surface area (Å²) in [5, 5.41) is 2.01. The van der Waals surface area contributed by atoms with Crippen LogP contribution in [0, 0.1) is 0 Å². The zero-order chi connectivity index (χ0) is 9.78. The van der Waals surface area contributed by atoms with Crippen molar-refractivity contribution < 1.29 is 22.6 Å². The van der Waals surface area contributed by atoms with Gasteiger partial charge in [-0.05, 0) is 6.92 Å². The summed E-state index contributed by atoms with van der Waals surface area (Å²) in [6, 6.07) is 0. The molecule has 70 valence electrons. The van der Waals surface area contributed by atoms with Gasteiger partial charge in [0.25, 0.3) is 0 Å². The summed E-state index contributed by atoms with van der Waals surface area (Å²) >= 11 is 0. The van der Waals surface area contributed by atoms with Gasteiger partial charge in [0, 0.05) is 6.92 Å². The Hall–Kier alpha value is -0.845. The van der Waals surface area contributed by atoms with Gasteiger partial charge in [0.2, 0.25) is 0 Å². The molecule has 0 fully saturated rings. The van der Waals surface area contributed by atoms with Crippen LogP contribution < -0.4 is 5.32 Å². The van der Waals surface area contributed by atoms with Crippen LogP contribution in [0.25, 0.3) is 0 Å². The summed E-state index contributed by atoms with van der Waals surface area (Å²) in [4.78, 5) is 4.02. The van der Waals surface area contributed by atoms with E-state index < -0.39 is 7.25 Å². The minimum atomic E-state index is -6.00. The lowest BCUT2D eigenvalue weighted by Crippen LogP contribution is -2.78. The van der Waals surface area contributed by atoms with Crippen molar-refractivity contribution >= 4 is 13.6 Å². The third-order valence-corrected chi connectivity index (χ3v) is 1.16. The molecule has 2 nitrogen and oxygen atoms in total. The van der Waals surface area contributed by atoms with E-state index in [-0.39, 0.29) is 0 Å². The predicted molar refractivity (Wildman–Crippen MR) is 39.0 cm³/mol. The minimum absolute atomic E-state index is 1.14. The molecule has 0 aromatic heterocycles. The highest BCUT2D eigenvalue weighted by Gasteiger charge is 2.20. The van der Waals surface area contributed by atoms with E-state index in [9.17, 15) is 17.3 Å². The first-order valence-electron chi connectivity index (χ1n) is 3.23. The van der Waals surface area contributed by atoms with Gasteiger partial charge in [-0.2, -0.15) is 0 Å². The first-order chi connectivity index (χ1) is 5.30. The van der Waals surface area contributed by atoms with Gasteiger partial charge in [-0.15, -0.1) is 0 Å². The Morgan fingerprint density at radius 1 is 1.25 bits per heavy atom. The van der Waals surface area contributed by atoms with E-state index in [1.54, 1.807) is 0 Å². The van der Waals surface area contributed by atoms with Crippen molar-refractivity contribution in [3.8, 4) is 0 Å². The molecular formula is C5H9BF4N2. The molecule has 2 N–H and O–H groups in total. The fraction of sp³-hybridized carbons (Fsp3) is 0.400. The largest absolute Gasteiger partial charge is 0.673 e. The van der Waals surface area contributed by atoms with Gasteiger partial charge in [-0.25, -0.2) is 4.99 Å². The summed E-state index contributed by atoms with van der Waals surface area (Å²) in [5.74, 6) is 0. The van der Waals surface area contributed by atoms with Crippen molar-refractivity contribution in [3.63, 3.8) is 0 Å². The molecule has 1 aliphatic heterocycles. The molecule has 0 aromatic carbocycles. The Labute approximate surface area is 67.5 Å². The lowest BCUT2D eigenvalue weighted by Gasteiger charge is -1.94. The number of nitrogens with two attached hydrogens (primary N) is 1. The number of rotatable bonds is 0. The number of quaternary nitrogens is 1. The number of allylic oxidation sites excluding steroid dienone is 2. The van der Waals surface area contributed by atoms with Crippen molar-refractivity contribution in [2.45, 2.75) is 13.8 Å². The maximum atomic E-state index is 9.75. The number of hydrogen-bond donors (Lipinski definition) is 1. The van der Waals surface area contributed by atoms with E-state index in [0.717, 1.165) is 5.70 Å². The van der Waals surface area contributed by atoms with Gasteiger partial charge in [-0.3, -0.25) is 5.32 Å². The van der Waals surface area contributed by atoms with Crippen molar-refractivity contribution in [3.05, 3.63) is 11.4 Å². The normalized spacial score (nSPS) is 16.2. The van der Waals surface area contributed by atoms with Crippen LogP contribution in [0.3, 0.4) is 0 Å². The predicted octanol–water partition coefficient (Wildman–Crippen LogP) is 1.14. The second kappa shape index (κ2) is 4.25. The van der Waals surface area contributed by atoms with Crippen molar-refractivity contribution in [1.29, 1.82) is 0 Å². The minimum Gasteiger partial charge on any atom is -0.418 e. The van der Waals surface area contributed by atoms with Gasteiger partial charge in [0.05, 0.1) is 5.70 Å². The standard InChI is InChI=1S/C5H8N2.BF4/c1-4-5(2)7-3-6-4;2-1(3,4)5/h3H,1-2H3,(H,6,7);/q;-1/p+1.